The smallest absolute Gasteiger partial charge is 0.272 e. The second kappa shape index (κ2) is 5.79. The molecule has 0 saturated carbocycles. The predicted molar refractivity (Wildman–Crippen MR) is 77.6 cm³/mol. The van der Waals surface area contributed by atoms with E-state index in [0.717, 1.165) is 12.1 Å². The number of aromatic nitrogens is 1. The number of aromatic amines is 1. The number of carbonyl (C=O) groups is 1. The predicted octanol–water partition coefficient (Wildman–Crippen LogP) is 2.51. The van der Waals surface area contributed by atoms with Crippen LogP contribution >= 0.6 is 10.7 Å². The van der Waals surface area contributed by atoms with Crippen molar-refractivity contribution < 1.29 is 17.6 Å². The van der Waals surface area contributed by atoms with E-state index in [1.165, 1.54) is 19.1 Å². The number of rotatable bonds is 3. The zero-order chi connectivity index (χ0) is 16.5. The molecule has 1 heterocycles. The molecular formula is C13H9ClFN3O3S. The molecule has 0 bridgehead atoms. The monoisotopic (exact) mass is 341 g/mol. The van der Waals surface area contributed by atoms with Crippen LogP contribution in [0.25, 0.3) is 0 Å². The highest BCUT2D eigenvalue weighted by Gasteiger charge is 2.20. The van der Waals surface area contributed by atoms with Crippen molar-refractivity contribution in [2.24, 2.45) is 0 Å². The number of benzene rings is 1. The number of nitrogens with zero attached hydrogens (tertiary/aromatic N) is 1. The third kappa shape index (κ3) is 3.27. The highest BCUT2D eigenvalue weighted by Crippen LogP contribution is 2.21. The number of halogens is 2. The normalized spacial score (nSPS) is 11.0. The highest BCUT2D eigenvalue weighted by atomic mass is 35.7. The molecule has 2 N–H and O–H groups in total. The summed E-state index contributed by atoms with van der Waals surface area (Å²) in [5.41, 5.74) is 0.173. The Kier molecular flexibility index (Phi) is 4.21. The summed E-state index contributed by atoms with van der Waals surface area (Å²) < 4.78 is 35.8. The quantitative estimate of drug-likeness (QED) is 0.837. The fourth-order valence-electron chi connectivity index (χ4n) is 1.80. The minimum absolute atomic E-state index is 0.0282. The average Bonchev–Trinajstić information content (AvgIpc) is 2.83. The molecule has 0 aliphatic carbocycles. The van der Waals surface area contributed by atoms with Crippen molar-refractivity contribution in [2.75, 3.05) is 5.32 Å². The Balaban J connectivity index is 2.29. The molecule has 0 aliphatic rings. The molecule has 1 amide bonds. The summed E-state index contributed by atoms with van der Waals surface area (Å²) in [5, 5.41) is 11.2. The molecule has 22 heavy (non-hydrogen) atoms. The van der Waals surface area contributed by atoms with E-state index in [9.17, 15) is 17.6 Å². The molecule has 0 fully saturated rings. The number of carbonyl (C=O) groups excluding carboxylic acids is 1. The van der Waals surface area contributed by atoms with Crippen LogP contribution < -0.4 is 5.32 Å². The van der Waals surface area contributed by atoms with Crippen molar-refractivity contribution in [3.05, 3.63) is 47.0 Å². The van der Waals surface area contributed by atoms with Gasteiger partial charge >= 0.3 is 0 Å². The maximum atomic E-state index is 13.2. The molecule has 2 rings (SSSR count). The Bertz CT molecular complexity index is 900. The van der Waals surface area contributed by atoms with Crippen LogP contribution in [0.3, 0.4) is 0 Å². The number of nitriles is 1. The molecule has 9 heteroatoms. The Morgan fingerprint density at radius 1 is 1.41 bits per heavy atom. The zero-order valence-corrected chi connectivity index (χ0v) is 12.7. The molecule has 114 valence electrons. The van der Waals surface area contributed by atoms with Gasteiger partial charge in [0.05, 0.1) is 5.56 Å². The second-order valence-corrected chi connectivity index (χ2v) is 6.91. The van der Waals surface area contributed by atoms with Crippen molar-refractivity contribution in [2.45, 2.75) is 11.8 Å². The molecular weight excluding hydrogens is 333 g/mol. The molecule has 2 aromatic rings. The fraction of sp³-hybridized carbons (Fsp3) is 0.0769. The first kappa shape index (κ1) is 16.0. The van der Waals surface area contributed by atoms with E-state index in [1.54, 1.807) is 6.07 Å². The lowest BCUT2D eigenvalue weighted by atomic mass is 10.2. The lowest BCUT2D eigenvalue weighted by Crippen LogP contribution is -2.12. The molecule has 6 nitrogen and oxygen atoms in total. The standard InChI is InChI=1S/C13H9ClFN3O3S/c1-7-12(22(14,20)21)5-11(17-7)13(19)18-9-2-3-10(15)8(4-9)6-16/h2-5,17H,1H3,(H,18,19). The number of hydrogen-bond acceptors (Lipinski definition) is 4. The third-order valence-electron chi connectivity index (χ3n) is 2.82. The van der Waals surface area contributed by atoms with Gasteiger partial charge in [-0.25, -0.2) is 12.8 Å². The Morgan fingerprint density at radius 2 is 2.09 bits per heavy atom. The number of hydrogen-bond donors (Lipinski definition) is 2. The number of nitrogens with one attached hydrogen (secondary N) is 2. The third-order valence-corrected chi connectivity index (χ3v) is 4.27. The van der Waals surface area contributed by atoms with Crippen LogP contribution in [0.1, 0.15) is 21.7 Å². The van der Waals surface area contributed by atoms with Gasteiger partial charge in [-0.05, 0) is 31.2 Å². The SMILES string of the molecule is Cc1[nH]c(C(=O)Nc2ccc(F)c(C#N)c2)cc1S(=O)(=O)Cl. The van der Waals surface area contributed by atoms with Gasteiger partial charge < -0.3 is 10.3 Å². The van der Waals surface area contributed by atoms with Gasteiger partial charge in [-0.3, -0.25) is 4.79 Å². The van der Waals surface area contributed by atoms with Gasteiger partial charge in [0.2, 0.25) is 0 Å². The topological polar surface area (TPSA) is 103 Å². The maximum Gasteiger partial charge on any atom is 0.272 e. The van der Waals surface area contributed by atoms with Gasteiger partial charge in [0.15, 0.2) is 0 Å². The summed E-state index contributed by atoms with van der Waals surface area (Å²) in [4.78, 5) is 14.4. The van der Waals surface area contributed by atoms with E-state index in [0.29, 0.717) is 0 Å². The number of aryl methyl sites for hydroxylation is 1. The van der Waals surface area contributed by atoms with E-state index >= 15 is 0 Å². The number of H-pyrrole nitrogens is 1. The van der Waals surface area contributed by atoms with Crippen molar-refractivity contribution in [1.29, 1.82) is 5.26 Å². The summed E-state index contributed by atoms with van der Waals surface area (Å²) in [7, 11) is 1.27. The highest BCUT2D eigenvalue weighted by molar-refractivity contribution is 8.13. The first-order valence-electron chi connectivity index (χ1n) is 5.87. The Labute approximate surface area is 129 Å². The number of anilines is 1. The minimum atomic E-state index is -3.97. The van der Waals surface area contributed by atoms with Crippen molar-refractivity contribution in [3.8, 4) is 6.07 Å². The van der Waals surface area contributed by atoms with Crippen LogP contribution in [0.4, 0.5) is 10.1 Å². The maximum absolute atomic E-state index is 13.2. The van der Waals surface area contributed by atoms with E-state index in [1.807, 2.05) is 0 Å². The van der Waals surface area contributed by atoms with E-state index < -0.39 is 20.8 Å². The van der Waals surface area contributed by atoms with Gasteiger partial charge in [-0.15, -0.1) is 0 Å². The van der Waals surface area contributed by atoms with Crippen LogP contribution in [0.2, 0.25) is 0 Å². The van der Waals surface area contributed by atoms with Crippen LogP contribution in [-0.4, -0.2) is 19.3 Å². The summed E-state index contributed by atoms with van der Waals surface area (Å²) in [5.74, 6) is -1.35. The summed E-state index contributed by atoms with van der Waals surface area (Å²) in [6.07, 6.45) is 0. The number of amides is 1. The lowest BCUT2D eigenvalue weighted by Gasteiger charge is -2.04. The van der Waals surface area contributed by atoms with Crippen molar-refractivity contribution in [1.82, 2.24) is 4.98 Å². The van der Waals surface area contributed by atoms with Crippen LogP contribution in [0, 0.1) is 24.1 Å². The molecule has 1 aromatic heterocycles. The molecule has 0 aliphatic heterocycles. The fourth-order valence-corrected chi connectivity index (χ4v) is 2.96. The van der Waals surface area contributed by atoms with Crippen LogP contribution in [-0.2, 0) is 9.05 Å². The molecule has 0 unspecified atom stereocenters. The Morgan fingerprint density at radius 3 is 2.64 bits per heavy atom. The van der Waals surface area contributed by atoms with Crippen molar-refractivity contribution >= 4 is 31.3 Å². The first-order chi connectivity index (χ1) is 10.2. The zero-order valence-electron chi connectivity index (χ0n) is 11.1. The lowest BCUT2D eigenvalue weighted by molar-refractivity contribution is 0.102. The van der Waals surface area contributed by atoms with Gasteiger partial charge in [-0.1, -0.05) is 0 Å². The molecule has 0 radical (unpaired) electrons. The molecule has 0 atom stereocenters. The largest absolute Gasteiger partial charge is 0.353 e. The van der Waals surface area contributed by atoms with E-state index in [2.05, 4.69) is 10.3 Å². The second-order valence-electron chi connectivity index (χ2n) is 4.37. The van der Waals surface area contributed by atoms with Crippen molar-refractivity contribution in [3.63, 3.8) is 0 Å². The summed E-state index contributed by atoms with van der Waals surface area (Å²) in [6.45, 7) is 1.46. The van der Waals surface area contributed by atoms with Gasteiger partial charge in [0, 0.05) is 22.1 Å². The van der Waals surface area contributed by atoms with E-state index in [4.69, 9.17) is 15.9 Å². The van der Waals surface area contributed by atoms with Crippen LogP contribution in [0.5, 0.6) is 0 Å². The van der Waals surface area contributed by atoms with Crippen LogP contribution in [0.15, 0.2) is 29.2 Å². The minimum Gasteiger partial charge on any atom is -0.353 e. The first-order valence-corrected chi connectivity index (χ1v) is 8.18. The van der Waals surface area contributed by atoms with Gasteiger partial charge in [-0.2, -0.15) is 5.26 Å². The Hall–Kier alpha value is -2.37. The summed E-state index contributed by atoms with van der Waals surface area (Å²) >= 11 is 0. The van der Waals surface area contributed by atoms with E-state index in [-0.39, 0.29) is 27.5 Å². The summed E-state index contributed by atoms with van der Waals surface area (Å²) in [6, 6.07) is 6.24. The molecule has 1 aromatic carbocycles. The average molecular weight is 342 g/mol. The van der Waals surface area contributed by atoms with Gasteiger partial charge in [0.25, 0.3) is 15.0 Å². The molecule has 0 saturated heterocycles. The molecule has 0 spiro atoms. The van der Waals surface area contributed by atoms with Gasteiger partial charge in [0.1, 0.15) is 22.5 Å².